The Morgan fingerprint density at radius 1 is 1.75 bits per heavy atom. The topological polar surface area (TPSA) is 88.8 Å². The van der Waals surface area contributed by atoms with E-state index in [1.165, 1.54) is 0 Å². The lowest BCUT2D eigenvalue weighted by molar-refractivity contribution is 0.440. The number of aromatic nitrogens is 2. The number of nitrogens with two attached hydrogens (primary N) is 1. The molecule has 0 amide bonds. The van der Waals surface area contributed by atoms with Crippen LogP contribution in [0.15, 0.2) is 10.8 Å². The van der Waals surface area contributed by atoms with Crippen molar-refractivity contribution < 1.29 is 4.42 Å². The molecule has 0 aromatic carbocycles. The predicted molar refractivity (Wildman–Crippen MR) is 24.6 cm³/mol. The molecule has 0 bridgehead atoms. The Hall–Kier alpha value is -1.39. The number of nitrogens with one attached hydrogen (secondary N) is 1. The molecule has 0 saturated heterocycles. The van der Waals surface area contributed by atoms with E-state index in [1.54, 1.807) is 0 Å². The van der Waals surface area contributed by atoms with E-state index in [0.29, 0.717) is 0 Å². The fourth-order valence-electron chi connectivity index (χ4n) is 0.290. The molecule has 8 heavy (non-hydrogen) atoms. The van der Waals surface area contributed by atoms with Crippen molar-refractivity contribution in [3.63, 3.8) is 0 Å². The Labute approximate surface area is 44.7 Å². The molecule has 1 aromatic heterocycles. The molecule has 0 radical (unpaired) electrons. The maximum absolute atomic E-state index is 6.74. The summed E-state index contributed by atoms with van der Waals surface area (Å²) in [6.07, 6.45) is 1.07. The van der Waals surface area contributed by atoms with Crippen molar-refractivity contribution in [3.05, 3.63) is 12.1 Å². The Balaban J connectivity index is 3.28. The monoisotopic (exact) mass is 112 g/mol. The van der Waals surface area contributed by atoms with Crippen LogP contribution in [0.5, 0.6) is 0 Å². The fourth-order valence-corrected chi connectivity index (χ4v) is 0.290. The summed E-state index contributed by atoms with van der Waals surface area (Å²) in [6, 6.07) is 0. The van der Waals surface area contributed by atoms with E-state index in [0.717, 1.165) is 6.39 Å². The van der Waals surface area contributed by atoms with Crippen molar-refractivity contribution in [2.75, 3.05) is 5.73 Å². The van der Waals surface area contributed by atoms with Crippen LogP contribution >= 0.6 is 0 Å². The van der Waals surface area contributed by atoms with Crippen molar-refractivity contribution in [1.29, 1.82) is 5.41 Å². The molecular formula is C3H4N4O. The minimum Gasteiger partial charge on any atom is -0.412 e. The van der Waals surface area contributed by atoms with Gasteiger partial charge >= 0.3 is 5.68 Å². The van der Waals surface area contributed by atoms with E-state index in [-0.39, 0.29) is 11.6 Å². The summed E-state index contributed by atoms with van der Waals surface area (Å²) in [5, 5.41) is 6.74. The molecule has 5 heteroatoms. The van der Waals surface area contributed by atoms with Gasteiger partial charge in [0, 0.05) is 0 Å². The molecule has 0 unspecified atom stereocenters. The van der Waals surface area contributed by atoms with Crippen molar-refractivity contribution in [3.8, 4) is 0 Å². The highest BCUT2D eigenvalue weighted by molar-refractivity contribution is 5.07. The normalized spacial score (nSPS) is 9.00. The van der Waals surface area contributed by atoms with E-state index in [4.69, 9.17) is 11.1 Å². The lowest BCUT2D eigenvalue weighted by Gasteiger charge is -1.83. The van der Waals surface area contributed by atoms with Gasteiger partial charge in [0.05, 0.1) is 0 Å². The van der Waals surface area contributed by atoms with Gasteiger partial charge in [0.25, 0.3) is 0 Å². The number of nitrogen functional groups attached to an aromatic ring is 1. The zero-order chi connectivity index (χ0) is 5.98. The molecule has 0 aliphatic carbocycles. The summed E-state index contributed by atoms with van der Waals surface area (Å²) in [7, 11) is 0. The number of anilines is 1. The molecule has 1 rings (SSSR count). The van der Waals surface area contributed by atoms with Gasteiger partial charge in [0.1, 0.15) is 0 Å². The van der Waals surface area contributed by atoms with Crippen LogP contribution in [0, 0.1) is 5.41 Å². The van der Waals surface area contributed by atoms with Gasteiger partial charge in [-0.05, 0) is 0 Å². The second-order valence-electron chi connectivity index (χ2n) is 1.13. The van der Waals surface area contributed by atoms with E-state index < -0.39 is 0 Å². The Morgan fingerprint density at radius 3 is 2.88 bits per heavy atom. The van der Waals surface area contributed by atoms with Crippen LogP contribution in [-0.2, 0) is 0 Å². The summed E-state index contributed by atoms with van der Waals surface area (Å²) in [5.74, 6) is 0.0567. The summed E-state index contributed by atoms with van der Waals surface area (Å²) in [5.41, 5.74) is 4.83. The second kappa shape index (κ2) is 1.61. The Bertz CT molecular complexity index is 229. The standard InChI is InChI=1S/C3H4N4O/c4-2-6-1-8-3(5)7-2/h1H,(H3,4,5,7). The molecule has 42 valence electrons. The van der Waals surface area contributed by atoms with Gasteiger partial charge in [0.15, 0.2) is 6.39 Å². The van der Waals surface area contributed by atoms with Gasteiger partial charge in [-0.15, -0.1) is 0 Å². The van der Waals surface area contributed by atoms with E-state index in [9.17, 15) is 0 Å². The molecule has 0 aliphatic rings. The van der Waals surface area contributed by atoms with Crippen LogP contribution in [0.3, 0.4) is 0 Å². The molecule has 1 heterocycles. The highest BCUT2D eigenvalue weighted by Gasteiger charge is 1.82. The minimum atomic E-state index is -0.225. The van der Waals surface area contributed by atoms with E-state index in [2.05, 4.69) is 14.4 Å². The summed E-state index contributed by atoms with van der Waals surface area (Å²) in [4.78, 5) is 6.76. The maximum Gasteiger partial charge on any atom is 0.318 e. The smallest absolute Gasteiger partial charge is 0.318 e. The highest BCUT2D eigenvalue weighted by Crippen LogP contribution is 1.76. The average molecular weight is 112 g/mol. The number of hydrogen-bond donors (Lipinski definition) is 2. The number of nitrogens with zero attached hydrogens (tertiary/aromatic N) is 2. The molecule has 0 spiro atoms. The van der Waals surface area contributed by atoms with Gasteiger partial charge in [-0.1, -0.05) is 0 Å². The first-order valence-electron chi connectivity index (χ1n) is 1.91. The third-order valence-corrected chi connectivity index (χ3v) is 0.565. The van der Waals surface area contributed by atoms with Gasteiger partial charge in [-0.3, -0.25) is 0 Å². The van der Waals surface area contributed by atoms with Crippen molar-refractivity contribution >= 4 is 5.95 Å². The quantitative estimate of drug-likeness (QED) is 0.456. The zero-order valence-electron chi connectivity index (χ0n) is 3.96. The third kappa shape index (κ3) is 0.810. The largest absolute Gasteiger partial charge is 0.412 e. The Kier molecular flexibility index (Phi) is 0.957. The first-order chi connectivity index (χ1) is 3.79. The van der Waals surface area contributed by atoms with Crippen LogP contribution in [0.1, 0.15) is 0 Å². The minimum absolute atomic E-state index is 0.0567. The Morgan fingerprint density at radius 2 is 2.50 bits per heavy atom. The summed E-state index contributed by atoms with van der Waals surface area (Å²) < 4.78 is 4.37. The van der Waals surface area contributed by atoms with Gasteiger partial charge in [0.2, 0.25) is 5.95 Å². The SMILES string of the molecule is N=c1nc(N)nco1. The highest BCUT2D eigenvalue weighted by atomic mass is 16.3. The molecule has 0 aliphatic heterocycles. The molecule has 0 saturated carbocycles. The maximum atomic E-state index is 6.74. The van der Waals surface area contributed by atoms with Gasteiger partial charge < -0.3 is 10.2 Å². The molecule has 1 aromatic rings. The summed E-state index contributed by atoms with van der Waals surface area (Å²) in [6.45, 7) is 0. The van der Waals surface area contributed by atoms with Crippen LogP contribution in [0.25, 0.3) is 0 Å². The van der Waals surface area contributed by atoms with Gasteiger partial charge in [-0.2, -0.15) is 9.97 Å². The van der Waals surface area contributed by atoms with Crippen LogP contribution in [-0.4, -0.2) is 9.97 Å². The molecule has 3 N–H and O–H groups in total. The van der Waals surface area contributed by atoms with Crippen molar-refractivity contribution in [2.45, 2.75) is 0 Å². The molecule has 5 nitrogen and oxygen atoms in total. The first kappa shape index (κ1) is 4.76. The van der Waals surface area contributed by atoms with Gasteiger partial charge in [-0.25, -0.2) is 5.41 Å². The van der Waals surface area contributed by atoms with E-state index >= 15 is 0 Å². The van der Waals surface area contributed by atoms with E-state index in [1.807, 2.05) is 0 Å². The average Bonchev–Trinajstić information content (AvgIpc) is 1.64. The third-order valence-electron chi connectivity index (χ3n) is 0.565. The lowest BCUT2D eigenvalue weighted by atomic mass is 11.0. The fraction of sp³-hybridized carbons (Fsp3) is 0. The summed E-state index contributed by atoms with van der Waals surface area (Å²) >= 11 is 0. The molecular weight excluding hydrogens is 108 g/mol. The first-order valence-corrected chi connectivity index (χ1v) is 1.91. The second-order valence-corrected chi connectivity index (χ2v) is 1.13. The van der Waals surface area contributed by atoms with Crippen molar-refractivity contribution in [2.24, 2.45) is 0 Å². The van der Waals surface area contributed by atoms with Crippen LogP contribution in [0.4, 0.5) is 5.95 Å². The van der Waals surface area contributed by atoms with Crippen LogP contribution in [0.2, 0.25) is 0 Å². The number of hydrogen-bond acceptors (Lipinski definition) is 5. The molecule has 0 atom stereocenters. The van der Waals surface area contributed by atoms with Crippen molar-refractivity contribution in [1.82, 2.24) is 9.97 Å². The lowest BCUT2D eigenvalue weighted by Crippen LogP contribution is -2.07. The number of rotatable bonds is 0. The molecule has 0 fully saturated rings. The zero-order valence-corrected chi connectivity index (χ0v) is 3.96. The predicted octanol–water partition coefficient (Wildman–Crippen LogP) is -0.869. The van der Waals surface area contributed by atoms with Crippen LogP contribution < -0.4 is 11.4 Å².